The molecular weight excluding hydrogens is 528 g/mol. The SMILES string of the molecule is CCNc1ccc(C#N)cc1N=C1S/C(=C2\Sc3ccc(NC(C)=O)cc3N2C)C(=O)N1Cc1ccccc1. The Balaban J connectivity index is 1.57. The van der Waals surface area contributed by atoms with Crippen LogP contribution in [0.3, 0.4) is 0 Å². The lowest BCUT2D eigenvalue weighted by molar-refractivity contribution is -0.122. The number of rotatable bonds is 6. The zero-order chi connectivity index (χ0) is 27.5. The number of nitrogens with zero attached hydrogens (tertiary/aromatic N) is 4. The molecule has 1 saturated heterocycles. The molecule has 0 radical (unpaired) electrons. The Bertz CT molecular complexity index is 1560. The molecular formula is C29H26N6O2S2. The Morgan fingerprint density at radius 1 is 1.08 bits per heavy atom. The number of nitriles is 1. The highest BCUT2D eigenvalue weighted by Crippen LogP contribution is 2.51. The van der Waals surface area contributed by atoms with E-state index in [-0.39, 0.29) is 11.8 Å². The van der Waals surface area contributed by atoms with Gasteiger partial charge >= 0.3 is 0 Å². The van der Waals surface area contributed by atoms with Crippen LogP contribution in [0.5, 0.6) is 0 Å². The fourth-order valence-electron chi connectivity index (χ4n) is 4.29. The van der Waals surface area contributed by atoms with Gasteiger partial charge in [-0.05, 0) is 60.6 Å². The number of amidine groups is 1. The average molecular weight is 555 g/mol. The van der Waals surface area contributed by atoms with E-state index in [1.54, 1.807) is 17.0 Å². The van der Waals surface area contributed by atoms with E-state index in [1.807, 2.05) is 73.5 Å². The first-order chi connectivity index (χ1) is 18.9. The van der Waals surface area contributed by atoms with E-state index in [9.17, 15) is 14.9 Å². The third kappa shape index (κ3) is 5.50. The molecule has 3 aromatic rings. The van der Waals surface area contributed by atoms with Gasteiger partial charge in [0.25, 0.3) is 5.91 Å². The molecule has 1 fully saturated rings. The number of hydrogen-bond donors (Lipinski definition) is 2. The summed E-state index contributed by atoms with van der Waals surface area (Å²) in [5.74, 6) is -0.272. The van der Waals surface area contributed by atoms with E-state index in [0.717, 1.165) is 26.9 Å². The van der Waals surface area contributed by atoms with Crippen molar-refractivity contribution in [3.05, 3.63) is 87.8 Å². The van der Waals surface area contributed by atoms with Crippen molar-refractivity contribution in [2.45, 2.75) is 25.3 Å². The van der Waals surface area contributed by atoms with Crippen molar-refractivity contribution in [3.63, 3.8) is 0 Å². The summed E-state index contributed by atoms with van der Waals surface area (Å²) in [6.07, 6.45) is 0. The van der Waals surface area contributed by atoms with Gasteiger partial charge in [0.05, 0.1) is 40.3 Å². The number of carbonyl (C=O) groups excluding carboxylic acids is 2. The summed E-state index contributed by atoms with van der Waals surface area (Å²) in [7, 11) is 1.92. The molecule has 0 atom stereocenters. The third-order valence-corrected chi connectivity index (χ3v) is 8.54. The van der Waals surface area contributed by atoms with Crippen molar-refractivity contribution < 1.29 is 9.59 Å². The van der Waals surface area contributed by atoms with Crippen LogP contribution >= 0.6 is 23.5 Å². The lowest BCUT2D eigenvalue weighted by Gasteiger charge is -2.17. The highest BCUT2D eigenvalue weighted by molar-refractivity contribution is 8.19. The van der Waals surface area contributed by atoms with Gasteiger partial charge in [-0.25, -0.2) is 4.99 Å². The molecule has 5 rings (SSSR count). The van der Waals surface area contributed by atoms with Crippen molar-refractivity contribution in [1.82, 2.24) is 4.90 Å². The van der Waals surface area contributed by atoms with Crippen LogP contribution in [0.1, 0.15) is 25.0 Å². The Hall–Kier alpha value is -4.20. The molecule has 2 amide bonds. The van der Waals surface area contributed by atoms with Crippen LogP contribution in [0.25, 0.3) is 0 Å². The second kappa shape index (κ2) is 11.3. The van der Waals surface area contributed by atoms with Crippen LogP contribution in [-0.2, 0) is 16.1 Å². The molecule has 2 aliphatic heterocycles. The van der Waals surface area contributed by atoms with Gasteiger partial charge < -0.3 is 15.5 Å². The minimum Gasteiger partial charge on any atom is -0.384 e. The number of nitrogens with one attached hydrogen (secondary N) is 2. The van der Waals surface area contributed by atoms with Crippen molar-refractivity contribution in [2.24, 2.45) is 4.99 Å². The normalized spacial score (nSPS) is 17.4. The lowest BCUT2D eigenvalue weighted by Crippen LogP contribution is -2.29. The number of carbonyl (C=O) groups is 2. The predicted octanol–water partition coefficient (Wildman–Crippen LogP) is 6.12. The van der Waals surface area contributed by atoms with Crippen molar-refractivity contribution in [3.8, 4) is 6.07 Å². The Morgan fingerprint density at radius 3 is 2.59 bits per heavy atom. The van der Waals surface area contributed by atoms with E-state index in [0.29, 0.717) is 40.1 Å². The summed E-state index contributed by atoms with van der Waals surface area (Å²) in [5.41, 5.74) is 4.49. The fourth-order valence-corrected chi connectivity index (χ4v) is 6.60. The van der Waals surface area contributed by atoms with Crippen molar-refractivity contribution >= 4 is 63.3 Å². The van der Waals surface area contributed by atoms with Crippen LogP contribution in [0.4, 0.5) is 22.7 Å². The second-order valence-corrected chi connectivity index (χ2v) is 10.9. The molecule has 10 heteroatoms. The molecule has 0 spiro atoms. The van der Waals surface area contributed by atoms with Crippen LogP contribution < -0.4 is 15.5 Å². The fraction of sp³-hybridized carbons (Fsp3) is 0.172. The van der Waals surface area contributed by atoms with E-state index in [2.05, 4.69) is 16.7 Å². The molecule has 2 aliphatic rings. The van der Waals surface area contributed by atoms with E-state index in [4.69, 9.17) is 4.99 Å². The second-order valence-electron chi connectivity index (χ2n) is 8.91. The van der Waals surface area contributed by atoms with Gasteiger partial charge in [-0.1, -0.05) is 42.1 Å². The summed E-state index contributed by atoms with van der Waals surface area (Å²) in [5, 5.41) is 16.9. The van der Waals surface area contributed by atoms with Crippen molar-refractivity contribution in [2.75, 3.05) is 29.1 Å². The highest BCUT2D eigenvalue weighted by atomic mass is 32.2. The number of anilines is 3. The summed E-state index contributed by atoms with van der Waals surface area (Å²) in [6.45, 7) is 4.53. The number of aliphatic imine (C=N–C) groups is 1. The topological polar surface area (TPSA) is 101 Å². The number of thioether (sulfide) groups is 2. The molecule has 2 N–H and O–H groups in total. The lowest BCUT2D eigenvalue weighted by atomic mass is 10.2. The molecule has 0 bridgehead atoms. The maximum absolute atomic E-state index is 13.9. The van der Waals surface area contributed by atoms with Crippen LogP contribution in [0.15, 0.2) is 86.6 Å². The monoisotopic (exact) mass is 554 g/mol. The van der Waals surface area contributed by atoms with E-state index in [1.165, 1.54) is 30.4 Å². The van der Waals surface area contributed by atoms with Gasteiger partial charge in [-0.2, -0.15) is 5.26 Å². The molecule has 3 aromatic carbocycles. The minimum absolute atomic E-state index is 0.131. The maximum atomic E-state index is 13.9. The molecule has 196 valence electrons. The quantitative estimate of drug-likeness (QED) is 0.354. The first-order valence-electron chi connectivity index (χ1n) is 12.4. The summed E-state index contributed by atoms with van der Waals surface area (Å²) in [6, 6.07) is 23.0. The first kappa shape index (κ1) is 26.4. The Labute approximate surface area is 235 Å². The highest BCUT2D eigenvalue weighted by Gasteiger charge is 2.39. The predicted molar refractivity (Wildman–Crippen MR) is 159 cm³/mol. The van der Waals surface area contributed by atoms with Gasteiger partial charge in [0.15, 0.2) is 5.17 Å². The van der Waals surface area contributed by atoms with Crippen LogP contribution in [0, 0.1) is 11.3 Å². The number of hydrogen-bond acceptors (Lipinski definition) is 8. The van der Waals surface area contributed by atoms with Gasteiger partial charge in [-0.3, -0.25) is 14.5 Å². The average Bonchev–Trinajstić information content (AvgIpc) is 3.41. The van der Waals surface area contributed by atoms with Crippen molar-refractivity contribution in [1.29, 1.82) is 5.26 Å². The number of benzene rings is 3. The standard InChI is InChI=1S/C29H26N6O2S2/c1-4-31-22-12-10-20(16-30)14-23(22)33-29-35(17-19-8-6-5-7-9-19)27(37)26(39-29)28-34(3)24-15-21(32-18(2)36)11-13-25(24)38-28/h5-15,31H,4,17H2,1-3H3,(H,32,36)/b28-26-,33-29?. The summed E-state index contributed by atoms with van der Waals surface area (Å²) < 4.78 is 0. The first-order valence-corrected chi connectivity index (χ1v) is 14.0. The largest absolute Gasteiger partial charge is 0.384 e. The molecule has 0 unspecified atom stereocenters. The number of amides is 2. The smallest absolute Gasteiger partial charge is 0.269 e. The van der Waals surface area contributed by atoms with Gasteiger partial charge in [0.1, 0.15) is 4.91 Å². The summed E-state index contributed by atoms with van der Waals surface area (Å²) >= 11 is 2.85. The van der Waals surface area contributed by atoms with Crippen LogP contribution in [-0.4, -0.2) is 35.5 Å². The summed E-state index contributed by atoms with van der Waals surface area (Å²) in [4.78, 5) is 35.7. The Kier molecular flexibility index (Phi) is 7.63. The zero-order valence-corrected chi connectivity index (χ0v) is 23.3. The van der Waals surface area contributed by atoms with Gasteiger partial charge in [0.2, 0.25) is 5.91 Å². The van der Waals surface area contributed by atoms with E-state index < -0.39 is 0 Å². The minimum atomic E-state index is -0.141. The van der Waals surface area contributed by atoms with Crippen LogP contribution in [0.2, 0.25) is 0 Å². The third-order valence-electron chi connectivity index (χ3n) is 6.10. The molecule has 0 aromatic heterocycles. The van der Waals surface area contributed by atoms with Gasteiger partial charge in [-0.15, -0.1) is 0 Å². The zero-order valence-electron chi connectivity index (χ0n) is 21.7. The van der Waals surface area contributed by atoms with Gasteiger partial charge in [0, 0.05) is 31.1 Å². The molecule has 8 nitrogen and oxygen atoms in total. The molecule has 39 heavy (non-hydrogen) atoms. The molecule has 0 aliphatic carbocycles. The molecule has 2 heterocycles. The number of fused-ring (bicyclic) bond motifs is 1. The molecule has 0 saturated carbocycles. The van der Waals surface area contributed by atoms with E-state index >= 15 is 0 Å². The Morgan fingerprint density at radius 2 is 1.87 bits per heavy atom. The maximum Gasteiger partial charge on any atom is 0.269 e.